The number of aliphatic hydroxyl groups excluding tert-OH is 1. The molecular formula is C15H24N2O. The van der Waals surface area contributed by atoms with Gasteiger partial charge in [-0.2, -0.15) is 0 Å². The van der Waals surface area contributed by atoms with Gasteiger partial charge in [0.25, 0.3) is 0 Å². The van der Waals surface area contributed by atoms with Crippen LogP contribution >= 0.6 is 0 Å². The van der Waals surface area contributed by atoms with Gasteiger partial charge in [-0.25, -0.2) is 0 Å². The fourth-order valence-electron chi connectivity index (χ4n) is 2.89. The summed E-state index contributed by atoms with van der Waals surface area (Å²) in [5.74, 6) is 0. The fourth-order valence-corrected chi connectivity index (χ4v) is 2.89. The molecule has 3 nitrogen and oxygen atoms in total. The summed E-state index contributed by atoms with van der Waals surface area (Å²) in [6, 6.07) is 6.28. The molecule has 1 fully saturated rings. The monoisotopic (exact) mass is 248 g/mol. The third kappa shape index (κ3) is 2.73. The predicted molar refractivity (Wildman–Crippen MR) is 73.1 cm³/mol. The highest BCUT2D eigenvalue weighted by Gasteiger charge is 2.42. The highest BCUT2D eigenvalue weighted by atomic mass is 16.3. The SMILES string of the molecule is CCN(Cc1ccccn1)C1CCC(C)(C)C1O. The summed E-state index contributed by atoms with van der Waals surface area (Å²) >= 11 is 0. The van der Waals surface area contributed by atoms with Crippen molar-refractivity contribution in [1.29, 1.82) is 0 Å². The van der Waals surface area contributed by atoms with E-state index in [2.05, 4.69) is 36.7 Å². The number of aliphatic hydroxyl groups is 1. The molecule has 0 bridgehead atoms. The van der Waals surface area contributed by atoms with Crippen LogP contribution < -0.4 is 0 Å². The largest absolute Gasteiger partial charge is 0.391 e. The molecule has 0 saturated heterocycles. The average Bonchev–Trinajstić information content (AvgIpc) is 2.63. The summed E-state index contributed by atoms with van der Waals surface area (Å²) in [5.41, 5.74) is 1.12. The minimum Gasteiger partial charge on any atom is -0.391 e. The quantitative estimate of drug-likeness (QED) is 0.889. The molecule has 2 unspecified atom stereocenters. The second-order valence-electron chi connectivity index (χ2n) is 5.92. The van der Waals surface area contributed by atoms with Crippen LogP contribution in [0.3, 0.4) is 0 Å². The van der Waals surface area contributed by atoms with Gasteiger partial charge in [-0.3, -0.25) is 9.88 Å². The predicted octanol–water partition coefficient (Wildman–Crippen LogP) is 2.45. The summed E-state index contributed by atoms with van der Waals surface area (Å²) in [6.07, 6.45) is 3.77. The zero-order valence-electron chi connectivity index (χ0n) is 11.6. The first-order valence-corrected chi connectivity index (χ1v) is 6.86. The molecule has 18 heavy (non-hydrogen) atoms. The van der Waals surface area contributed by atoms with Crippen molar-refractivity contribution in [3.05, 3.63) is 30.1 Å². The van der Waals surface area contributed by atoms with Crippen molar-refractivity contribution in [1.82, 2.24) is 9.88 Å². The normalized spacial score (nSPS) is 26.7. The van der Waals surface area contributed by atoms with Crippen LogP contribution in [0.25, 0.3) is 0 Å². The number of pyridine rings is 1. The topological polar surface area (TPSA) is 36.4 Å². The Morgan fingerprint density at radius 3 is 2.72 bits per heavy atom. The Kier molecular flexibility index (Phi) is 4.03. The molecule has 0 spiro atoms. The molecule has 0 aromatic carbocycles. The summed E-state index contributed by atoms with van der Waals surface area (Å²) in [5, 5.41) is 10.4. The van der Waals surface area contributed by atoms with Gasteiger partial charge in [0.05, 0.1) is 11.8 Å². The molecule has 1 aliphatic carbocycles. The van der Waals surface area contributed by atoms with Crippen LogP contribution in [0, 0.1) is 5.41 Å². The Morgan fingerprint density at radius 1 is 1.44 bits per heavy atom. The van der Waals surface area contributed by atoms with Crippen LogP contribution in [0.1, 0.15) is 39.3 Å². The van der Waals surface area contributed by atoms with Crippen LogP contribution in [0.15, 0.2) is 24.4 Å². The lowest BCUT2D eigenvalue weighted by molar-refractivity contribution is 0.0130. The van der Waals surface area contributed by atoms with E-state index in [-0.39, 0.29) is 17.6 Å². The van der Waals surface area contributed by atoms with Crippen molar-refractivity contribution in [3.63, 3.8) is 0 Å². The highest BCUT2D eigenvalue weighted by molar-refractivity contribution is 5.05. The van der Waals surface area contributed by atoms with E-state index in [1.54, 1.807) is 0 Å². The van der Waals surface area contributed by atoms with Crippen LogP contribution in [0.4, 0.5) is 0 Å². The number of hydrogen-bond acceptors (Lipinski definition) is 3. The summed E-state index contributed by atoms with van der Waals surface area (Å²) in [7, 11) is 0. The first kappa shape index (κ1) is 13.5. The van der Waals surface area contributed by atoms with Gasteiger partial charge < -0.3 is 5.11 Å². The van der Waals surface area contributed by atoms with Gasteiger partial charge in [-0.05, 0) is 36.9 Å². The lowest BCUT2D eigenvalue weighted by Gasteiger charge is -2.33. The van der Waals surface area contributed by atoms with Gasteiger partial charge in [0.1, 0.15) is 0 Å². The Balaban J connectivity index is 2.06. The lowest BCUT2D eigenvalue weighted by Crippen LogP contribution is -2.43. The Labute approximate surface area is 110 Å². The Morgan fingerprint density at radius 2 is 2.22 bits per heavy atom. The summed E-state index contributed by atoms with van der Waals surface area (Å²) in [4.78, 5) is 6.72. The fraction of sp³-hybridized carbons (Fsp3) is 0.667. The van der Waals surface area contributed by atoms with Crippen molar-refractivity contribution < 1.29 is 5.11 Å². The van der Waals surface area contributed by atoms with Crippen molar-refractivity contribution in [2.24, 2.45) is 5.41 Å². The van der Waals surface area contributed by atoms with E-state index in [4.69, 9.17) is 0 Å². The molecule has 1 saturated carbocycles. The first-order chi connectivity index (χ1) is 8.54. The van der Waals surface area contributed by atoms with E-state index < -0.39 is 0 Å². The average molecular weight is 248 g/mol. The third-order valence-electron chi connectivity index (χ3n) is 4.22. The molecule has 0 radical (unpaired) electrons. The third-order valence-corrected chi connectivity index (χ3v) is 4.22. The Hall–Kier alpha value is -0.930. The van der Waals surface area contributed by atoms with Gasteiger partial charge in [0.15, 0.2) is 0 Å². The van der Waals surface area contributed by atoms with Crippen molar-refractivity contribution in [2.75, 3.05) is 6.54 Å². The number of rotatable bonds is 4. The standard InChI is InChI=1S/C15H24N2O/c1-4-17(11-12-7-5-6-10-16-12)13-8-9-15(2,3)14(13)18/h5-7,10,13-14,18H,4,8-9,11H2,1-3H3. The van der Waals surface area contributed by atoms with Gasteiger partial charge in [0, 0.05) is 18.8 Å². The van der Waals surface area contributed by atoms with E-state index in [1.807, 2.05) is 18.3 Å². The first-order valence-electron chi connectivity index (χ1n) is 6.86. The molecule has 2 rings (SSSR count). The van der Waals surface area contributed by atoms with E-state index in [1.165, 1.54) is 0 Å². The smallest absolute Gasteiger partial charge is 0.0746 e. The van der Waals surface area contributed by atoms with Crippen LogP contribution in [-0.2, 0) is 6.54 Å². The maximum Gasteiger partial charge on any atom is 0.0746 e. The van der Waals surface area contributed by atoms with E-state index in [9.17, 15) is 5.11 Å². The van der Waals surface area contributed by atoms with Gasteiger partial charge in [0.2, 0.25) is 0 Å². The molecule has 100 valence electrons. The molecular weight excluding hydrogens is 224 g/mol. The molecule has 3 heteroatoms. The molecule has 1 aromatic heterocycles. The van der Waals surface area contributed by atoms with Gasteiger partial charge in [-0.15, -0.1) is 0 Å². The summed E-state index contributed by atoms with van der Waals surface area (Å²) < 4.78 is 0. The number of hydrogen-bond donors (Lipinski definition) is 1. The maximum atomic E-state index is 10.4. The van der Waals surface area contributed by atoms with E-state index in [0.29, 0.717) is 0 Å². The van der Waals surface area contributed by atoms with E-state index in [0.717, 1.165) is 31.6 Å². The molecule has 1 heterocycles. The van der Waals surface area contributed by atoms with Crippen LogP contribution in [-0.4, -0.2) is 33.7 Å². The second-order valence-corrected chi connectivity index (χ2v) is 5.92. The highest BCUT2D eigenvalue weighted by Crippen LogP contribution is 2.40. The minimum absolute atomic E-state index is 0.0439. The zero-order valence-corrected chi connectivity index (χ0v) is 11.6. The molecule has 0 aliphatic heterocycles. The van der Waals surface area contributed by atoms with Crippen LogP contribution in [0.5, 0.6) is 0 Å². The number of likely N-dealkylation sites (N-methyl/N-ethyl adjacent to an activating group) is 1. The summed E-state index contributed by atoms with van der Waals surface area (Å²) in [6.45, 7) is 8.25. The molecule has 1 N–H and O–H groups in total. The van der Waals surface area contributed by atoms with Crippen molar-refractivity contribution >= 4 is 0 Å². The second kappa shape index (κ2) is 5.37. The van der Waals surface area contributed by atoms with Crippen LogP contribution in [0.2, 0.25) is 0 Å². The zero-order chi connectivity index (χ0) is 13.2. The van der Waals surface area contributed by atoms with Gasteiger partial charge in [-0.1, -0.05) is 26.8 Å². The van der Waals surface area contributed by atoms with E-state index >= 15 is 0 Å². The number of nitrogens with zero attached hydrogens (tertiary/aromatic N) is 2. The molecule has 2 atom stereocenters. The lowest BCUT2D eigenvalue weighted by atomic mass is 9.88. The Bertz CT molecular complexity index is 377. The van der Waals surface area contributed by atoms with Crippen molar-refractivity contribution in [3.8, 4) is 0 Å². The minimum atomic E-state index is -0.235. The molecule has 0 amide bonds. The van der Waals surface area contributed by atoms with Crippen molar-refractivity contribution in [2.45, 2.75) is 52.3 Å². The van der Waals surface area contributed by atoms with Gasteiger partial charge >= 0.3 is 0 Å². The molecule has 1 aliphatic rings. The number of aromatic nitrogens is 1. The maximum absolute atomic E-state index is 10.4. The molecule has 1 aromatic rings.